The Morgan fingerprint density at radius 3 is 2.26 bits per heavy atom. The number of ether oxygens (including phenoxy) is 1. The first kappa shape index (κ1) is 14.7. The smallest absolute Gasteiger partial charge is 0.343 e. The summed E-state index contributed by atoms with van der Waals surface area (Å²) >= 11 is 0. The van der Waals surface area contributed by atoms with Crippen LogP contribution in [0.25, 0.3) is 12.3 Å². The summed E-state index contributed by atoms with van der Waals surface area (Å²) in [6, 6.07) is 22.3. The largest absolute Gasteiger partial charge is 0.422 e. The molecule has 0 spiro atoms. The molecule has 23 heavy (non-hydrogen) atoms. The molecule has 3 nitrogen and oxygen atoms in total. The number of pyridine rings is 1. The maximum absolute atomic E-state index is 12.2. The third-order valence-corrected chi connectivity index (χ3v) is 3.30. The fraction of sp³-hybridized carbons (Fsp3) is 0. The van der Waals surface area contributed by atoms with Crippen LogP contribution < -0.4 is 9.30 Å². The van der Waals surface area contributed by atoms with Crippen molar-refractivity contribution in [1.29, 1.82) is 0 Å². The molecule has 0 aliphatic rings. The monoisotopic (exact) mass is 302 g/mol. The van der Waals surface area contributed by atoms with E-state index in [1.165, 1.54) is 0 Å². The van der Waals surface area contributed by atoms with Crippen LogP contribution in [0.4, 0.5) is 0 Å². The predicted octanol–water partition coefficient (Wildman–Crippen LogP) is 3.82. The molecule has 0 atom stereocenters. The highest BCUT2D eigenvalue weighted by Crippen LogP contribution is 2.20. The topological polar surface area (TPSA) is 30.2 Å². The van der Waals surface area contributed by atoms with E-state index >= 15 is 0 Å². The Kier molecular flexibility index (Phi) is 4.60. The Labute approximate surface area is 135 Å². The standard InChI is InChI=1S/C20H16NO2/c22-20(18-10-3-1-4-11-18)23-19-12-6-5-9-17(19)13-16-21-14-7-2-8-15-21/h1-16H/q+1. The van der Waals surface area contributed by atoms with Crippen LogP contribution in [0, 0.1) is 0 Å². The van der Waals surface area contributed by atoms with E-state index < -0.39 is 0 Å². The number of para-hydroxylation sites is 1. The summed E-state index contributed by atoms with van der Waals surface area (Å²) in [5.41, 5.74) is 1.37. The van der Waals surface area contributed by atoms with Crippen LogP contribution in [0.3, 0.4) is 0 Å². The molecule has 0 N–H and O–H groups in total. The van der Waals surface area contributed by atoms with Crippen LogP contribution in [0.1, 0.15) is 15.9 Å². The molecule has 0 aliphatic heterocycles. The Hall–Kier alpha value is -3.20. The number of carbonyl (C=O) groups excluding carboxylic acids is 1. The zero-order valence-electron chi connectivity index (χ0n) is 12.5. The maximum Gasteiger partial charge on any atom is 0.343 e. The van der Waals surface area contributed by atoms with Gasteiger partial charge in [-0.15, -0.1) is 0 Å². The Balaban J connectivity index is 1.81. The average molecular weight is 302 g/mol. The van der Waals surface area contributed by atoms with Crippen molar-refractivity contribution in [2.75, 3.05) is 0 Å². The summed E-state index contributed by atoms with van der Waals surface area (Å²) in [5.74, 6) is 0.174. The van der Waals surface area contributed by atoms with Crippen molar-refractivity contribution in [2.24, 2.45) is 0 Å². The summed E-state index contributed by atoms with van der Waals surface area (Å²) < 4.78 is 7.45. The van der Waals surface area contributed by atoms with Gasteiger partial charge in [-0.1, -0.05) is 42.5 Å². The van der Waals surface area contributed by atoms with Gasteiger partial charge in [-0.2, -0.15) is 4.57 Å². The molecular weight excluding hydrogens is 286 g/mol. The summed E-state index contributed by atoms with van der Waals surface area (Å²) in [5, 5.41) is 0. The minimum Gasteiger partial charge on any atom is -0.422 e. The fourth-order valence-corrected chi connectivity index (χ4v) is 2.12. The lowest BCUT2D eigenvalue weighted by molar-refractivity contribution is -0.567. The molecule has 0 radical (unpaired) electrons. The highest BCUT2D eigenvalue weighted by atomic mass is 16.5. The van der Waals surface area contributed by atoms with Gasteiger partial charge in [0.05, 0.1) is 5.56 Å². The molecule has 112 valence electrons. The van der Waals surface area contributed by atoms with Crippen LogP contribution in [0.5, 0.6) is 5.75 Å². The van der Waals surface area contributed by atoms with Crippen LogP contribution in [-0.4, -0.2) is 5.97 Å². The Morgan fingerprint density at radius 1 is 0.826 bits per heavy atom. The first-order chi connectivity index (χ1) is 11.3. The minimum atomic E-state index is -0.362. The third-order valence-electron chi connectivity index (χ3n) is 3.30. The molecule has 1 heterocycles. The molecule has 0 saturated carbocycles. The first-order valence-corrected chi connectivity index (χ1v) is 7.33. The van der Waals surface area contributed by atoms with E-state index in [0.29, 0.717) is 11.3 Å². The van der Waals surface area contributed by atoms with Gasteiger partial charge in [-0.05, 0) is 18.2 Å². The maximum atomic E-state index is 12.2. The van der Waals surface area contributed by atoms with Crippen molar-refractivity contribution >= 4 is 18.2 Å². The van der Waals surface area contributed by atoms with E-state index in [9.17, 15) is 4.79 Å². The lowest BCUT2D eigenvalue weighted by Crippen LogP contribution is -2.23. The lowest BCUT2D eigenvalue weighted by Gasteiger charge is -2.06. The molecule has 1 aromatic heterocycles. The van der Waals surface area contributed by atoms with Crippen molar-refractivity contribution in [3.63, 3.8) is 0 Å². The normalized spacial score (nSPS) is 10.6. The van der Waals surface area contributed by atoms with E-state index in [2.05, 4.69) is 0 Å². The average Bonchev–Trinajstić information content (AvgIpc) is 2.62. The molecule has 3 rings (SSSR count). The van der Waals surface area contributed by atoms with Crippen molar-refractivity contribution in [1.82, 2.24) is 0 Å². The fourth-order valence-electron chi connectivity index (χ4n) is 2.12. The van der Waals surface area contributed by atoms with Gasteiger partial charge in [0.15, 0.2) is 18.6 Å². The van der Waals surface area contributed by atoms with Crippen LogP contribution in [-0.2, 0) is 0 Å². The second-order valence-electron chi connectivity index (χ2n) is 4.93. The SMILES string of the molecule is O=C(Oc1ccccc1C=C[n+]1ccccc1)c1ccccc1. The summed E-state index contributed by atoms with van der Waals surface area (Å²) in [6.45, 7) is 0. The molecule has 0 amide bonds. The molecule has 0 bridgehead atoms. The Morgan fingerprint density at radius 2 is 1.48 bits per heavy atom. The number of esters is 1. The summed E-state index contributed by atoms with van der Waals surface area (Å²) in [6.07, 6.45) is 7.70. The Bertz CT molecular complexity index is 811. The number of hydrogen-bond donors (Lipinski definition) is 0. The van der Waals surface area contributed by atoms with Gasteiger partial charge < -0.3 is 4.74 Å². The molecule has 3 aromatic rings. The zero-order chi connectivity index (χ0) is 15.9. The highest BCUT2D eigenvalue weighted by molar-refractivity contribution is 5.91. The molecule has 0 aliphatic carbocycles. The van der Waals surface area contributed by atoms with Crippen LogP contribution in [0.15, 0.2) is 85.2 Å². The predicted molar refractivity (Wildman–Crippen MR) is 89.7 cm³/mol. The summed E-state index contributed by atoms with van der Waals surface area (Å²) in [4.78, 5) is 12.2. The van der Waals surface area contributed by atoms with Crippen LogP contribution in [0.2, 0.25) is 0 Å². The second-order valence-corrected chi connectivity index (χ2v) is 4.93. The van der Waals surface area contributed by atoms with Crippen LogP contribution >= 0.6 is 0 Å². The van der Waals surface area contributed by atoms with E-state index in [0.717, 1.165) is 5.56 Å². The first-order valence-electron chi connectivity index (χ1n) is 7.33. The number of benzene rings is 2. The molecule has 0 fully saturated rings. The molecule has 3 heteroatoms. The zero-order valence-corrected chi connectivity index (χ0v) is 12.5. The number of carbonyl (C=O) groups is 1. The van der Waals surface area contributed by atoms with Gasteiger partial charge in [-0.25, -0.2) is 4.79 Å². The third kappa shape index (κ3) is 3.92. The number of nitrogens with zero attached hydrogens (tertiary/aromatic N) is 1. The van der Waals surface area contributed by atoms with E-state index in [-0.39, 0.29) is 5.97 Å². The van der Waals surface area contributed by atoms with E-state index in [4.69, 9.17) is 4.74 Å². The van der Waals surface area contributed by atoms with E-state index in [1.807, 2.05) is 83.8 Å². The summed E-state index contributed by atoms with van der Waals surface area (Å²) in [7, 11) is 0. The molecular formula is C20H16NO2+. The molecule has 0 saturated heterocycles. The van der Waals surface area contributed by atoms with Gasteiger partial charge >= 0.3 is 5.97 Å². The number of rotatable bonds is 4. The van der Waals surface area contributed by atoms with Gasteiger partial charge in [0, 0.05) is 23.8 Å². The molecule has 2 aromatic carbocycles. The van der Waals surface area contributed by atoms with Crippen molar-refractivity contribution in [3.05, 3.63) is 96.3 Å². The van der Waals surface area contributed by atoms with Gasteiger partial charge in [0.2, 0.25) is 0 Å². The van der Waals surface area contributed by atoms with Crippen molar-refractivity contribution in [3.8, 4) is 5.75 Å². The molecule has 0 unspecified atom stereocenters. The second kappa shape index (κ2) is 7.18. The quantitative estimate of drug-likeness (QED) is 0.416. The van der Waals surface area contributed by atoms with Gasteiger partial charge in [0.1, 0.15) is 5.75 Å². The number of aromatic nitrogens is 1. The van der Waals surface area contributed by atoms with Gasteiger partial charge in [-0.3, -0.25) is 0 Å². The minimum absolute atomic E-state index is 0.362. The number of hydrogen-bond acceptors (Lipinski definition) is 2. The lowest BCUT2D eigenvalue weighted by atomic mass is 10.2. The van der Waals surface area contributed by atoms with Gasteiger partial charge in [0.25, 0.3) is 0 Å². The van der Waals surface area contributed by atoms with Crippen molar-refractivity contribution in [2.45, 2.75) is 0 Å². The van der Waals surface area contributed by atoms with E-state index in [1.54, 1.807) is 18.2 Å². The highest BCUT2D eigenvalue weighted by Gasteiger charge is 2.10. The van der Waals surface area contributed by atoms with Crippen molar-refractivity contribution < 1.29 is 14.1 Å².